The molecule has 0 heterocycles. The van der Waals surface area contributed by atoms with Gasteiger partial charge in [-0.2, -0.15) is 0 Å². The SMILES string of the molecule is CC(=O)C1CC(=O)C2(C)CC2C1. The van der Waals surface area contributed by atoms with Gasteiger partial charge in [0, 0.05) is 17.8 Å². The monoisotopic (exact) mass is 166 g/mol. The van der Waals surface area contributed by atoms with Crippen LogP contribution in [-0.2, 0) is 9.59 Å². The molecule has 2 saturated carbocycles. The van der Waals surface area contributed by atoms with Crippen molar-refractivity contribution in [2.45, 2.75) is 33.1 Å². The lowest BCUT2D eigenvalue weighted by Crippen LogP contribution is -2.28. The highest BCUT2D eigenvalue weighted by Crippen LogP contribution is 2.60. The van der Waals surface area contributed by atoms with Crippen LogP contribution in [-0.4, -0.2) is 11.6 Å². The second-order valence-corrected chi connectivity index (χ2v) is 4.49. The third-order valence-electron chi connectivity index (χ3n) is 3.62. The van der Waals surface area contributed by atoms with E-state index < -0.39 is 0 Å². The van der Waals surface area contributed by atoms with Crippen LogP contribution in [0.1, 0.15) is 33.1 Å². The van der Waals surface area contributed by atoms with Crippen molar-refractivity contribution in [1.29, 1.82) is 0 Å². The average molecular weight is 166 g/mol. The fraction of sp³-hybridized carbons (Fsp3) is 0.800. The third kappa shape index (κ3) is 0.936. The second kappa shape index (κ2) is 2.18. The van der Waals surface area contributed by atoms with Crippen molar-refractivity contribution in [3.8, 4) is 0 Å². The molecular weight excluding hydrogens is 152 g/mol. The van der Waals surface area contributed by atoms with E-state index in [-0.39, 0.29) is 17.1 Å². The van der Waals surface area contributed by atoms with Crippen LogP contribution in [0.3, 0.4) is 0 Å². The number of fused-ring (bicyclic) bond motifs is 1. The molecule has 12 heavy (non-hydrogen) atoms. The minimum absolute atomic E-state index is 0.0219. The van der Waals surface area contributed by atoms with E-state index in [1.54, 1.807) is 6.92 Å². The van der Waals surface area contributed by atoms with Gasteiger partial charge in [0.15, 0.2) is 0 Å². The first-order valence-corrected chi connectivity index (χ1v) is 4.58. The van der Waals surface area contributed by atoms with Gasteiger partial charge >= 0.3 is 0 Å². The molecule has 2 aliphatic carbocycles. The Kier molecular flexibility index (Phi) is 1.45. The van der Waals surface area contributed by atoms with Gasteiger partial charge in [0.25, 0.3) is 0 Å². The summed E-state index contributed by atoms with van der Waals surface area (Å²) in [4.78, 5) is 22.6. The highest BCUT2D eigenvalue weighted by molar-refractivity contribution is 5.93. The minimum atomic E-state index is -0.0219. The zero-order chi connectivity index (χ0) is 8.93. The van der Waals surface area contributed by atoms with Gasteiger partial charge in [0.05, 0.1) is 0 Å². The normalized spacial score (nSPS) is 45.3. The van der Waals surface area contributed by atoms with Crippen molar-refractivity contribution >= 4 is 11.6 Å². The van der Waals surface area contributed by atoms with Crippen molar-refractivity contribution < 1.29 is 9.59 Å². The molecule has 66 valence electrons. The highest BCUT2D eigenvalue weighted by Gasteiger charge is 2.59. The number of hydrogen-bond donors (Lipinski definition) is 0. The molecule has 0 aromatic rings. The van der Waals surface area contributed by atoms with E-state index in [1.165, 1.54) is 0 Å². The predicted octanol–water partition coefficient (Wildman–Crippen LogP) is 1.58. The Hall–Kier alpha value is -0.660. The number of rotatable bonds is 1. The van der Waals surface area contributed by atoms with E-state index in [4.69, 9.17) is 0 Å². The first kappa shape index (κ1) is 7.96. The fourth-order valence-electron chi connectivity index (χ4n) is 2.33. The highest BCUT2D eigenvalue weighted by atomic mass is 16.1. The van der Waals surface area contributed by atoms with Crippen molar-refractivity contribution in [2.24, 2.45) is 17.3 Å². The molecule has 3 atom stereocenters. The third-order valence-corrected chi connectivity index (χ3v) is 3.62. The zero-order valence-corrected chi connectivity index (χ0v) is 7.59. The topological polar surface area (TPSA) is 34.1 Å². The number of hydrogen-bond acceptors (Lipinski definition) is 2. The lowest BCUT2D eigenvalue weighted by atomic mass is 9.80. The number of carbonyl (C=O) groups excluding carboxylic acids is 2. The minimum Gasteiger partial charge on any atom is -0.300 e. The molecule has 0 amide bonds. The van der Waals surface area contributed by atoms with E-state index in [0.717, 1.165) is 12.8 Å². The first-order chi connectivity index (χ1) is 5.54. The van der Waals surface area contributed by atoms with E-state index >= 15 is 0 Å². The van der Waals surface area contributed by atoms with Crippen LogP contribution in [0.25, 0.3) is 0 Å². The fourth-order valence-corrected chi connectivity index (χ4v) is 2.33. The molecule has 2 heteroatoms. The van der Waals surface area contributed by atoms with Crippen molar-refractivity contribution in [1.82, 2.24) is 0 Å². The van der Waals surface area contributed by atoms with Crippen LogP contribution in [0.5, 0.6) is 0 Å². The Balaban J connectivity index is 2.12. The smallest absolute Gasteiger partial charge is 0.139 e. The average Bonchev–Trinajstić information content (AvgIpc) is 2.62. The molecule has 0 spiro atoms. The maximum absolute atomic E-state index is 11.5. The molecule has 2 nitrogen and oxygen atoms in total. The summed E-state index contributed by atoms with van der Waals surface area (Å²) in [6.07, 6.45) is 2.48. The van der Waals surface area contributed by atoms with Crippen LogP contribution in [0.15, 0.2) is 0 Å². The van der Waals surface area contributed by atoms with Gasteiger partial charge in [-0.3, -0.25) is 9.59 Å². The van der Waals surface area contributed by atoms with Gasteiger partial charge < -0.3 is 0 Å². The Labute approximate surface area is 72.3 Å². The Morgan fingerprint density at radius 2 is 2.25 bits per heavy atom. The standard InChI is InChI=1S/C10H14O2/c1-6(11)7-3-8-5-10(8,2)9(12)4-7/h7-8H,3-5H2,1-2H3. The lowest BCUT2D eigenvalue weighted by molar-refractivity contribution is -0.132. The second-order valence-electron chi connectivity index (χ2n) is 4.49. The molecule has 0 saturated heterocycles. The van der Waals surface area contributed by atoms with E-state index in [0.29, 0.717) is 18.1 Å². The molecule has 0 radical (unpaired) electrons. The Morgan fingerprint density at radius 1 is 1.58 bits per heavy atom. The van der Waals surface area contributed by atoms with Gasteiger partial charge in [0.2, 0.25) is 0 Å². The number of ketones is 2. The summed E-state index contributed by atoms with van der Waals surface area (Å²) in [6, 6.07) is 0. The van der Waals surface area contributed by atoms with Gasteiger partial charge in [-0.05, 0) is 25.7 Å². The molecule has 0 bridgehead atoms. The first-order valence-electron chi connectivity index (χ1n) is 4.58. The molecule has 0 aliphatic heterocycles. The number of Topliss-reactive ketones (excluding diaryl/α,β-unsaturated/α-hetero) is 2. The van der Waals surface area contributed by atoms with E-state index in [9.17, 15) is 9.59 Å². The van der Waals surface area contributed by atoms with E-state index in [2.05, 4.69) is 0 Å². The molecule has 0 aromatic carbocycles. The number of carbonyl (C=O) groups is 2. The molecule has 2 rings (SSSR count). The van der Waals surface area contributed by atoms with Crippen LogP contribution >= 0.6 is 0 Å². The summed E-state index contributed by atoms with van der Waals surface area (Å²) < 4.78 is 0. The van der Waals surface area contributed by atoms with Crippen LogP contribution in [0, 0.1) is 17.3 Å². The zero-order valence-electron chi connectivity index (χ0n) is 7.59. The quantitative estimate of drug-likeness (QED) is 0.592. The summed E-state index contributed by atoms with van der Waals surface area (Å²) in [7, 11) is 0. The van der Waals surface area contributed by atoms with Gasteiger partial charge in [-0.1, -0.05) is 6.92 Å². The van der Waals surface area contributed by atoms with Crippen LogP contribution in [0.4, 0.5) is 0 Å². The van der Waals surface area contributed by atoms with Gasteiger partial charge in [-0.15, -0.1) is 0 Å². The van der Waals surface area contributed by atoms with Crippen molar-refractivity contribution in [2.75, 3.05) is 0 Å². The summed E-state index contributed by atoms with van der Waals surface area (Å²) >= 11 is 0. The van der Waals surface area contributed by atoms with Gasteiger partial charge in [-0.25, -0.2) is 0 Å². The maximum Gasteiger partial charge on any atom is 0.139 e. The summed E-state index contributed by atoms with van der Waals surface area (Å²) in [5.74, 6) is 1.07. The molecule has 0 aromatic heterocycles. The van der Waals surface area contributed by atoms with Crippen molar-refractivity contribution in [3.63, 3.8) is 0 Å². The molecular formula is C10H14O2. The summed E-state index contributed by atoms with van der Waals surface area (Å²) in [5.41, 5.74) is -0.0219. The predicted molar refractivity (Wildman–Crippen MR) is 44.6 cm³/mol. The molecule has 2 fully saturated rings. The van der Waals surface area contributed by atoms with Crippen molar-refractivity contribution in [3.05, 3.63) is 0 Å². The molecule has 0 N–H and O–H groups in total. The maximum atomic E-state index is 11.5. The summed E-state index contributed by atoms with van der Waals surface area (Å²) in [5, 5.41) is 0. The Morgan fingerprint density at radius 3 is 2.75 bits per heavy atom. The lowest BCUT2D eigenvalue weighted by Gasteiger charge is -2.22. The van der Waals surface area contributed by atoms with E-state index in [1.807, 2.05) is 6.92 Å². The largest absolute Gasteiger partial charge is 0.300 e. The summed E-state index contributed by atoms with van der Waals surface area (Å²) in [6.45, 7) is 3.64. The molecule has 2 aliphatic rings. The van der Waals surface area contributed by atoms with Crippen LogP contribution in [0.2, 0.25) is 0 Å². The molecule has 3 unspecified atom stereocenters. The van der Waals surface area contributed by atoms with Gasteiger partial charge in [0.1, 0.15) is 11.6 Å². The Bertz CT molecular complexity index is 257. The van der Waals surface area contributed by atoms with Crippen LogP contribution < -0.4 is 0 Å².